The SMILES string of the molecule is CC(C)CC(NC(=O)CN)C(=O)NC(CCC(=O)O)C(=O)NC(CCC(=O)O)C(=O)O. The van der Waals surface area contributed by atoms with Gasteiger partial charge in [-0.15, -0.1) is 0 Å². The van der Waals surface area contributed by atoms with Crippen molar-refractivity contribution in [2.75, 3.05) is 6.54 Å². The van der Waals surface area contributed by atoms with Crippen LogP contribution in [0.2, 0.25) is 0 Å². The van der Waals surface area contributed by atoms with E-state index < -0.39 is 73.0 Å². The molecule has 0 bridgehead atoms. The lowest BCUT2D eigenvalue weighted by Gasteiger charge is -2.25. The third-order valence-electron chi connectivity index (χ3n) is 4.09. The maximum Gasteiger partial charge on any atom is 0.326 e. The molecule has 0 spiro atoms. The molecule has 0 aromatic carbocycles. The number of nitrogens with two attached hydrogens (primary N) is 1. The van der Waals surface area contributed by atoms with Crippen LogP contribution < -0.4 is 21.7 Å². The predicted octanol–water partition coefficient (Wildman–Crippen LogP) is -1.74. The van der Waals surface area contributed by atoms with Crippen molar-refractivity contribution in [3.8, 4) is 0 Å². The van der Waals surface area contributed by atoms with Crippen LogP contribution in [0.25, 0.3) is 0 Å². The highest BCUT2D eigenvalue weighted by Gasteiger charge is 2.30. The molecule has 31 heavy (non-hydrogen) atoms. The number of hydrogen-bond donors (Lipinski definition) is 7. The minimum Gasteiger partial charge on any atom is -0.481 e. The Kier molecular flexibility index (Phi) is 12.5. The summed E-state index contributed by atoms with van der Waals surface area (Å²) in [5.41, 5.74) is 5.24. The van der Waals surface area contributed by atoms with Crippen LogP contribution in [0.5, 0.6) is 0 Å². The van der Waals surface area contributed by atoms with Crippen molar-refractivity contribution in [2.45, 2.75) is 64.1 Å². The topological polar surface area (TPSA) is 225 Å². The van der Waals surface area contributed by atoms with E-state index >= 15 is 0 Å². The van der Waals surface area contributed by atoms with E-state index in [1.165, 1.54) is 0 Å². The zero-order valence-corrected chi connectivity index (χ0v) is 17.4. The van der Waals surface area contributed by atoms with Crippen LogP contribution >= 0.6 is 0 Å². The number of aliphatic carboxylic acids is 3. The second-order valence-electron chi connectivity index (χ2n) is 7.28. The highest BCUT2D eigenvalue weighted by molar-refractivity contribution is 5.93. The molecule has 0 aliphatic carbocycles. The van der Waals surface area contributed by atoms with Gasteiger partial charge in [0.1, 0.15) is 18.1 Å². The maximum atomic E-state index is 12.6. The van der Waals surface area contributed by atoms with Gasteiger partial charge >= 0.3 is 17.9 Å². The van der Waals surface area contributed by atoms with E-state index in [4.69, 9.17) is 15.9 Å². The Morgan fingerprint density at radius 1 is 0.742 bits per heavy atom. The van der Waals surface area contributed by atoms with E-state index in [1.54, 1.807) is 13.8 Å². The highest BCUT2D eigenvalue weighted by Crippen LogP contribution is 2.08. The highest BCUT2D eigenvalue weighted by atomic mass is 16.4. The standard InChI is InChI=1S/C18H30N4O9/c1-9(2)7-12(20-13(23)8-19)17(29)21-10(3-5-14(24)25)16(28)22-11(18(30)31)4-6-15(26)27/h9-12H,3-8,19H2,1-2H3,(H,20,23)(H,21,29)(H,22,28)(H,24,25)(H,26,27)(H,30,31). The van der Waals surface area contributed by atoms with Crippen LogP contribution in [0, 0.1) is 5.92 Å². The minimum atomic E-state index is -1.55. The van der Waals surface area contributed by atoms with Gasteiger partial charge in [-0.25, -0.2) is 4.79 Å². The van der Waals surface area contributed by atoms with Gasteiger partial charge in [0.25, 0.3) is 0 Å². The Labute approximate surface area is 178 Å². The zero-order chi connectivity index (χ0) is 24.1. The van der Waals surface area contributed by atoms with Crippen LogP contribution in [0.15, 0.2) is 0 Å². The van der Waals surface area contributed by atoms with Crippen molar-refractivity contribution < 1.29 is 44.1 Å². The fourth-order valence-corrected chi connectivity index (χ4v) is 2.56. The summed E-state index contributed by atoms with van der Waals surface area (Å²) in [5.74, 6) is -6.36. The number of amides is 3. The van der Waals surface area contributed by atoms with E-state index in [1.807, 2.05) is 0 Å². The molecular weight excluding hydrogens is 416 g/mol. The molecule has 3 unspecified atom stereocenters. The first-order chi connectivity index (χ1) is 14.4. The van der Waals surface area contributed by atoms with Gasteiger partial charge in [-0.2, -0.15) is 0 Å². The van der Waals surface area contributed by atoms with Gasteiger partial charge in [-0.3, -0.25) is 24.0 Å². The molecule has 8 N–H and O–H groups in total. The summed E-state index contributed by atoms with van der Waals surface area (Å²) in [6.07, 6.45) is -1.57. The lowest BCUT2D eigenvalue weighted by atomic mass is 10.0. The first-order valence-corrected chi connectivity index (χ1v) is 9.63. The molecule has 0 saturated heterocycles. The Bertz CT molecular complexity index is 681. The number of hydrogen-bond acceptors (Lipinski definition) is 7. The monoisotopic (exact) mass is 446 g/mol. The van der Waals surface area contributed by atoms with Gasteiger partial charge in [-0.1, -0.05) is 13.8 Å². The van der Waals surface area contributed by atoms with Crippen molar-refractivity contribution in [2.24, 2.45) is 11.7 Å². The number of carbonyl (C=O) groups is 6. The average molecular weight is 446 g/mol. The summed E-state index contributed by atoms with van der Waals surface area (Å²) in [4.78, 5) is 69.7. The molecule has 13 heteroatoms. The van der Waals surface area contributed by atoms with Crippen LogP contribution in [-0.2, 0) is 28.8 Å². The second kappa shape index (κ2) is 13.9. The van der Waals surface area contributed by atoms with Crippen LogP contribution in [0.3, 0.4) is 0 Å². The van der Waals surface area contributed by atoms with E-state index in [9.17, 15) is 33.9 Å². The summed E-state index contributed by atoms with van der Waals surface area (Å²) in [7, 11) is 0. The third-order valence-corrected chi connectivity index (χ3v) is 4.09. The number of carboxylic acids is 3. The van der Waals surface area contributed by atoms with Crippen LogP contribution in [0.1, 0.15) is 46.0 Å². The summed E-state index contributed by atoms with van der Waals surface area (Å²) in [5, 5.41) is 33.7. The summed E-state index contributed by atoms with van der Waals surface area (Å²) < 4.78 is 0. The summed E-state index contributed by atoms with van der Waals surface area (Å²) >= 11 is 0. The van der Waals surface area contributed by atoms with Crippen molar-refractivity contribution >= 4 is 35.6 Å². The molecule has 0 aliphatic rings. The van der Waals surface area contributed by atoms with Gasteiger partial charge in [0.15, 0.2) is 0 Å². The number of carbonyl (C=O) groups excluding carboxylic acids is 3. The Morgan fingerprint density at radius 3 is 1.61 bits per heavy atom. The lowest BCUT2D eigenvalue weighted by Crippen LogP contribution is -2.56. The molecule has 13 nitrogen and oxygen atoms in total. The molecule has 0 saturated carbocycles. The molecule has 0 aliphatic heterocycles. The molecule has 0 aromatic rings. The van der Waals surface area contributed by atoms with Crippen molar-refractivity contribution in [3.63, 3.8) is 0 Å². The Morgan fingerprint density at radius 2 is 1.19 bits per heavy atom. The maximum absolute atomic E-state index is 12.6. The lowest BCUT2D eigenvalue weighted by molar-refractivity contribution is -0.144. The van der Waals surface area contributed by atoms with Crippen molar-refractivity contribution in [1.29, 1.82) is 0 Å². The van der Waals surface area contributed by atoms with Gasteiger partial charge in [0.05, 0.1) is 6.54 Å². The quantitative estimate of drug-likeness (QED) is 0.150. The van der Waals surface area contributed by atoms with Crippen molar-refractivity contribution in [1.82, 2.24) is 16.0 Å². The number of rotatable bonds is 15. The summed E-state index contributed by atoms with van der Waals surface area (Å²) in [6, 6.07) is -4.01. The minimum absolute atomic E-state index is 0.0208. The smallest absolute Gasteiger partial charge is 0.326 e. The fourth-order valence-electron chi connectivity index (χ4n) is 2.56. The van der Waals surface area contributed by atoms with Gasteiger partial charge in [0, 0.05) is 12.8 Å². The Balaban J connectivity index is 5.43. The van der Waals surface area contributed by atoms with E-state index in [-0.39, 0.29) is 25.3 Å². The van der Waals surface area contributed by atoms with Gasteiger partial charge < -0.3 is 37.0 Å². The molecule has 3 atom stereocenters. The third kappa shape index (κ3) is 12.2. The first kappa shape index (κ1) is 27.8. The number of carboxylic acid groups (broad SMARTS) is 3. The van der Waals surface area contributed by atoms with Crippen LogP contribution in [-0.4, -0.2) is 75.6 Å². The average Bonchev–Trinajstić information content (AvgIpc) is 2.66. The molecule has 3 amide bonds. The molecule has 0 heterocycles. The zero-order valence-electron chi connectivity index (χ0n) is 17.4. The van der Waals surface area contributed by atoms with Gasteiger partial charge in [0.2, 0.25) is 17.7 Å². The predicted molar refractivity (Wildman–Crippen MR) is 106 cm³/mol. The number of nitrogens with one attached hydrogen (secondary N) is 3. The van der Waals surface area contributed by atoms with Gasteiger partial charge in [-0.05, 0) is 25.2 Å². The summed E-state index contributed by atoms with van der Waals surface area (Å²) in [6.45, 7) is 3.22. The first-order valence-electron chi connectivity index (χ1n) is 9.63. The molecule has 176 valence electrons. The molecule has 0 rings (SSSR count). The molecule has 0 radical (unpaired) electrons. The normalized spacial score (nSPS) is 13.5. The molecule has 0 fully saturated rings. The van der Waals surface area contributed by atoms with Crippen molar-refractivity contribution in [3.05, 3.63) is 0 Å². The van der Waals surface area contributed by atoms with E-state index in [0.717, 1.165) is 0 Å². The molecule has 0 aromatic heterocycles. The Hall–Kier alpha value is -3.22. The van der Waals surface area contributed by atoms with E-state index in [0.29, 0.717) is 0 Å². The fraction of sp³-hybridized carbons (Fsp3) is 0.667. The molecular formula is C18H30N4O9. The second-order valence-corrected chi connectivity index (χ2v) is 7.28. The largest absolute Gasteiger partial charge is 0.481 e. The van der Waals surface area contributed by atoms with Crippen LogP contribution in [0.4, 0.5) is 0 Å². The van der Waals surface area contributed by atoms with E-state index in [2.05, 4.69) is 16.0 Å².